The average Bonchev–Trinajstić information content (AvgIpc) is 2.19. The Kier molecular flexibility index (Phi) is 10.5. The van der Waals surface area contributed by atoms with E-state index < -0.39 is 0 Å². The maximum absolute atomic E-state index is 4.19. The summed E-state index contributed by atoms with van der Waals surface area (Å²) in [5.41, 5.74) is 2.60. The Morgan fingerprint density at radius 3 is 2.38 bits per heavy atom. The Morgan fingerprint density at radius 1 is 1.12 bits per heavy atom. The third-order valence-corrected chi connectivity index (χ3v) is 1.69. The molecule has 2 rings (SSSR count). The van der Waals surface area contributed by atoms with Crippen LogP contribution in [0.5, 0.6) is 0 Å². The van der Waals surface area contributed by atoms with Crippen LogP contribution in [0.25, 0.3) is 11.4 Å². The standard InChI is InChI=1S/C11H8N2.B.W.Y/c1-9-5-7-13-11(8-9)10-4-2-3-6-12-10;;;/h3-8H,1H2;;;/q-2;;;. The number of hydrogen-bond acceptors (Lipinski definition) is 2. The Morgan fingerprint density at radius 2 is 1.81 bits per heavy atom. The summed E-state index contributed by atoms with van der Waals surface area (Å²) in [7, 11) is 0. The number of rotatable bonds is 1. The van der Waals surface area contributed by atoms with Crippen LogP contribution in [0.2, 0.25) is 0 Å². The molecule has 0 fully saturated rings. The van der Waals surface area contributed by atoms with Crippen LogP contribution in [-0.2, 0) is 53.8 Å². The van der Waals surface area contributed by atoms with E-state index in [-0.39, 0.29) is 62.2 Å². The third-order valence-electron chi connectivity index (χ3n) is 1.69. The molecule has 0 saturated heterocycles. The van der Waals surface area contributed by atoms with Gasteiger partial charge in [0.15, 0.2) is 0 Å². The van der Waals surface area contributed by atoms with E-state index in [4.69, 9.17) is 0 Å². The molecule has 2 aromatic heterocycles. The summed E-state index contributed by atoms with van der Waals surface area (Å²) in [6.07, 6.45) is 3.43. The molecule has 0 amide bonds. The van der Waals surface area contributed by atoms with Crippen molar-refractivity contribution < 1.29 is 53.8 Å². The fourth-order valence-electron chi connectivity index (χ4n) is 1.08. The zero-order valence-electron chi connectivity index (χ0n) is 8.63. The molecule has 0 N–H and O–H groups in total. The van der Waals surface area contributed by atoms with Crippen molar-refractivity contribution in [2.75, 3.05) is 0 Å². The summed E-state index contributed by atoms with van der Waals surface area (Å²) in [6.45, 7) is 3.83. The largest absolute Gasteiger partial charge is 0.382 e. The van der Waals surface area contributed by atoms with Crippen molar-refractivity contribution >= 4 is 8.41 Å². The SMILES string of the molecule is [B].[CH2-]c1ccnc(-c2c[c-]ccn2)c1.[W].[Y]. The first-order valence-corrected chi connectivity index (χ1v) is 3.97. The van der Waals surface area contributed by atoms with Gasteiger partial charge in [-0.2, -0.15) is 30.7 Å². The van der Waals surface area contributed by atoms with Crippen molar-refractivity contribution in [2.45, 2.75) is 0 Å². The Balaban J connectivity index is 0. The van der Waals surface area contributed by atoms with Gasteiger partial charge in [-0.05, 0) is 17.6 Å². The van der Waals surface area contributed by atoms with Crippen LogP contribution < -0.4 is 0 Å². The van der Waals surface area contributed by atoms with E-state index >= 15 is 0 Å². The van der Waals surface area contributed by atoms with Crippen molar-refractivity contribution in [1.29, 1.82) is 0 Å². The maximum Gasteiger partial charge on any atom is 0 e. The van der Waals surface area contributed by atoms with Gasteiger partial charge >= 0.3 is 0 Å². The molecular weight excluding hydrogens is 444 g/mol. The molecule has 0 atom stereocenters. The Bertz CT molecular complexity index is 412. The van der Waals surface area contributed by atoms with E-state index in [1.807, 2.05) is 18.2 Å². The monoisotopic (exact) mass is 452 g/mol. The minimum Gasteiger partial charge on any atom is -0.382 e. The molecule has 2 nitrogen and oxygen atoms in total. The minimum atomic E-state index is 0. The summed E-state index contributed by atoms with van der Waals surface area (Å²) in [5.74, 6) is 0. The first-order valence-electron chi connectivity index (χ1n) is 3.97. The molecule has 0 spiro atoms. The fourth-order valence-corrected chi connectivity index (χ4v) is 1.08. The van der Waals surface area contributed by atoms with Crippen LogP contribution in [-0.4, -0.2) is 18.4 Å². The topological polar surface area (TPSA) is 25.8 Å². The first kappa shape index (κ1) is 18.4. The first-order chi connectivity index (χ1) is 6.36. The van der Waals surface area contributed by atoms with Crippen LogP contribution in [0.1, 0.15) is 5.56 Å². The molecule has 0 saturated carbocycles. The molecule has 4 radical (unpaired) electrons. The normalized spacial score (nSPS) is 8.00. The molecule has 5 heteroatoms. The molecule has 0 bridgehead atoms. The van der Waals surface area contributed by atoms with E-state index in [1.54, 1.807) is 18.5 Å². The van der Waals surface area contributed by atoms with Crippen molar-refractivity contribution in [1.82, 2.24) is 9.97 Å². The molecule has 2 heterocycles. The average molecular weight is 452 g/mol. The van der Waals surface area contributed by atoms with E-state index in [9.17, 15) is 0 Å². The summed E-state index contributed by atoms with van der Waals surface area (Å²) < 4.78 is 0. The van der Waals surface area contributed by atoms with E-state index in [0.29, 0.717) is 0 Å². The maximum atomic E-state index is 4.19. The summed E-state index contributed by atoms with van der Waals surface area (Å²) >= 11 is 0. The fraction of sp³-hybridized carbons (Fsp3) is 0. The third kappa shape index (κ3) is 4.91. The van der Waals surface area contributed by atoms with E-state index in [2.05, 4.69) is 23.0 Å². The molecule has 16 heavy (non-hydrogen) atoms. The number of aromatic nitrogens is 2. The van der Waals surface area contributed by atoms with Crippen LogP contribution in [0.15, 0.2) is 36.7 Å². The zero-order valence-corrected chi connectivity index (χ0v) is 14.4. The van der Waals surface area contributed by atoms with Gasteiger partial charge in [0.05, 0.1) is 0 Å². The van der Waals surface area contributed by atoms with Crippen LogP contribution in [0.3, 0.4) is 0 Å². The van der Waals surface area contributed by atoms with Crippen molar-refractivity contribution in [2.24, 2.45) is 0 Å². The second kappa shape index (κ2) is 9.10. The second-order valence-corrected chi connectivity index (χ2v) is 2.69. The minimum absolute atomic E-state index is 0. The summed E-state index contributed by atoms with van der Waals surface area (Å²) in [6, 6.07) is 10.3. The van der Waals surface area contributed by atoms with E-state index in [0.717, 1.165) is 17.0 Å². The van der Waals surface area contributed by atoms with Gasteiger partial charge in [0, 0.05) is 62.2 Å². The summed E-state index contributed by atoms with van der Waals surface area (Å²) in [4.78, 5) is 8.36. The molecule has 2 aromatic rings. The molecule has 0 aliphatic rings. The van der Waals surface area contributed by atoms with Gasteiger partial charge in [0.2, 0.25) is 0 Å². The van der Waals surface area contributed by atoms with Gasteiger partial charge in [-0.3, -0.25) is 4.98 Å². The molecule has 0 aliphatic carbocycles. The quantitative estimate of drug-likeness (QED) is 0.488. The number of hydrogen-bond donors (Lipinski definition) is 0. The van der Waals surface area contributed by atoms with Gasteiger partial charge in [0.25, 0.3) is 0 Å². The number of pyridine rings is 2. The van der Waals surface area contributed by atoms with Gasteiger partial charge in [0.1, 0.15) is 0 Å². The molecule has 0 unspecified atom stereocenters. The van der Waals surface area contributed by atoms with Crippen molar-refractivity contribution in [3.63, 3.8) is 0 Å². The van der Waals surface area contributed by atoms with Crippen LogP contribution in [0, 0.1) is 13.0 Å². The predicted molar refractivity (Wildman–Crippen MR) is 56.5 cm³/mol. The summed E-state index contributed by atoms with van der Waals surface area (Å²) in [5, 5.41) is 0. The smallest absolute Gasteiger partial charge is 0 e. The van der Waals surface area contributed by atoms with Gasteiger partial charge in [-0.25, -0.2) is 0 Å². The van der Waals surface area contributed by atoms with Crippen LogP contribution >= 0.6 is 0 Å². The Labute approximate surface area is 137 Å². The molecule has 0 aliphatic heterocycles. The van der Waals surface area contributed by atoms with Gasteiger partial charge in [-0.15, -0.1) is 12.1 Å². The van der Waals surface area contributed by atoms with Crippen LogP contribution in [0.4, 0.5) is 0 Å². The number of nitrogens with zero attached hydrogens (tertiary/aromatic N) is 2. The van der Waals surface area contributed by atoms with Gasteiger partial charge in [-0.1, -0.05) is 6.20 Å². The van der Waals surface area contributed by atoms with E-state index in [1.165, 1.54) is 0 Å². The predicted octanol–water partition coefficient (Wildman–Crippen LogP) is 1.74. The molecular formula is C11H8BN2WY-2. The van der Waals surface area contributed by atoms with Crippen molar-refractivity contribution in [3.8, 4) is 11.4 Å². The Hall–Kier alpha value is 0.0271. The molecule has 76 valence electrons. The second-order valence-electron chi connectivity index (χ2n) is 2.69. The molecule has 0 aromatic carbocycles. The zero-order chi connectivity index (χ0) is 9.10. The van der Waals surface area contributed by atoms with Crippen molar-refractivity contribution in [3.05, 3.63) is 55.2 Å². The van der Waals surface area contributed by atoms with Gasteiger partial charge < -0.3 is 4.98 Å².